The summed E-state index contributed by atoms with van der Waals surface area (Å²) in [5.41, 5.74) is 5.99. The zero-order valence-corrected chi connectivity index (χ0v) is 19.2. The van der Waals surface area contributed by atoms with Gasteiger partial charge in [0.1, 0.15) is 6.04 Å². The van der Waals surface area contributed by atoms with Crippen molar-refractivity contribution in [2.24, 2.45) is 5.92 Å². The molecule has 2 amide bonds. The normalized spacial score (nSPS) is 15.2. The number of H-pyrrole nitrogens is 1. The van der Waals surface area contributed by atoms with Gasteiger partial charge in [0.25, 0.3) is 0 Å². The predicted octanol–water partition coefficient (Wildman–Crippen LogP) is 4.61. The summed E-state index contributed by atoms with van der Waals surface area (Å²) in [7, 11) is 0. The average Bonchev–Trinajstić information content (AvgIpc) is 3.21. The van der Waals surface area contributed by atoms with Crippen LogP contribution in [0.25, 0.3) is 10.9 Å². The number of hydrogen-bond donors (Lipinski definition) is 3. The Labute approximate surface area is 190 Å². The van der Waals surface area contributed by atoms with Gasteiger partial charge in [0, 0.05) is 29.4 Å². The van der Waals surface area contributed by atoms with E-state index in [2.05, 4.69) is 33.8 Å². The van der Waals surface area contributed by atoms with Gasteiger partial charge in [0.2, 0.25) is 11.8 Å². The average molecular weight is 432 g/mol. The minimum absolute atomic E-state index is 0.119. The van der Waals surface area contributed by atoms with Crippen LogP contribution < -0.4 is 10.6 Å². The second-order valence-corrected chi connectivity index (χ2v) is 9.25. The molecule has 2 unspecified atom stereocenters. The monoisotopic (exact) mass is 431 g/mol. The van der Waals surface area contributed by atoms with Crippen LogP contribution in [0.2, 0.25) is 0 Å². The number of nitrogens with one attached hydrogen (secondary N) is 3. The van der Waals surface area contributed by atoms with Gasteiger partial charge in [-0.05, 0) is 60.9 Å². The lowest BCUT2D eigenvalue weighted by molar-refractivity contribution is -0.130. The van der Waals surface area contributed by atoms with E-state index in [1.807, 2.05) is 51.2 Å². The maximum absolute atomic E-state index is 13.3. The van der Waals surface area contributed by atoms with Crippen molar-refractivity contribution < 1.29 is 9.59 Å². The molecule has 0 fully saturated rings. The Morgan fingerprint density at radius 3 is 2.47 bits per heavy atom. The minimum atomic E-state index is -0.635. The van der Waals surface area contributed by atoms with E-state index < -0.39 is 6.04 Å². The second-order valence-electron chi connectivity index (χ2n) is 9.25. The lowest BCUT2D eigenvalue weighted by atomic mass is 9.89. The van der Waals surface area contributed by atoms with Crippen molar-refractivity contribution in [3.05, 3.63) is 70.9 Å². The fourth-order valence-electron chi connectivity index (χ4n) is 4.49. The summed E-state index contributed by atoms with van der Waals surface area (Å²) in [6.45, 7) is 5.69. The van der Waals surface area contributed by atoms with Crippen molar-refractivity contribution in [2.45, 2.75) is 65.0 Å². The Balaban J connectivity index is 1.52. The first kappa shape index (κ1) is 22.1. The Hall–Kier alpha value is -3.08. The molecule has 0 radical (unpaired) electrons. The van der Waals surface area contributed by atoms with Crippen LogP contribution in [0, 0.1) is 5.92 Å². The van der Waals surface area contributed by atoms with Crippen LogP contribution in [0.5, 0.6) is 0 Å². The number of fused-ring (bicyclic) bond motifs is 2. The number of amides is 2. The summed E-state index contributed by atoms with van der Waals surface area (Å²) in [5.74, 6) is -0.465. The van der Waals surface area contributed by atoms with Gasteiger partial charge in [-0.15, -0.1) is 0 Å². The number of carbonyl (C=O) groups is 2. The highest BCUT2D eigenvalue weighted by Crippen LogP contribution is 2.25. The topological polar surface area (TPSA) is 74.0 Å². The third kappa shape index (κ3) is 4.87. The van der Waals surface area contributed by atoms with Crippen LogP contribution in [-0.2, 0) is 28.9 Å². The highest BCUT2D eigenvalue weighted by atomic mass is 16.2. The van der Waals surface area contributed by atoms with Crippen molar-refractivity contribution in [1.29, 1.82) is 0 Å². The quantitative estimate of drug-likeness (QED) is 0.511. The lowest BCUT2D eigenvalue weighted by Gasteiger charge is -2.24. The molecule has 4 rings (SSSR count). The molecule has 2 aromatic carbocycles. The maximum Gasteiger partial charge on any atom is 0.243 e. The Bertz CT molecular complexity index is 1120. The standard InChI is InChI=1S/C27H33N3O2/c1-17(2)26(31)30-25(15-22-16-28-24-11-7-6-10-23(22)24)27(32)29-18(3)20-13-12-19-8-4-5-9-21(19)14-20/h6-7,10-14,16-18,25,28H,4-5,8-9,15H2,1-3H3,(H,29,32)(H,30,31). The third-order valence-electron chi connectivity index (χ3n) is 6.49. The minimum Gasteiger partial charge on any atom is -0.361 e. The van der Waals surface area contributed by atoms with Crippen LogP contribution in [0.4, 0.5) is 0 Å². The van der Waals surface area contributed by atoms with Crippen LogP contribution in [0.1, 0.15) is 61.9 Å². The second kappa shape index (κ2) is 9.60. The highest BCUT2D eigenvalue weighted by Gasteiger charge is 2.25. The van der Waals surface area contributed by atoms with Gasteiger partial charge in [0.05, 0.1) is 6.04 Å². The van der Waals surface area contributed by atoms with E-state index >= 15 is 0 Å². The van der Waals surface area contributed by atoms with Gasteiger partial charge < -0.3 is 15.6 Å². The molecule has 3 N–H and O–H groups in total. The molecule has 0 spiro atoms. The van der Waals surface area contributed by atoms with Gasteiger partial charge in [-0.1, -0.05) is 50.2 Å². The van der Waals surface area contributed by atoms with Crippen molar-refractivity contribution >= 4 is 22.7 Å². The van der Waals surface area contributed by atoms with E-state index in [1.165, 1.54) is 24.0 Å². The van der Waals surface area contributed by atoms with Gasteiger partial charge >= 0.3 is 0 Å². The molecular formula is C27H33N3O2. The van der Waals surface area contributed by atoms with Crippen molar-refractivity contribution in [2.75, 3.05) is 0 Å². The number of hydrogen-bond acceptors (Lipinski definition) is 2. The molecule has 0 bridgehead atoms. The van der Waals surface area contributed by atoms with Crippen molar-refractivity contribution in [1.82, 2.24) is 15.6 Å². The Kier molecular flexibility index (Phi) is 6.63. The molecule has 1 aromatic heterocycles. The SMILES string of the molecule is CC(C)C(=O)NC(Cc1c[nH]c2ccccc12)C(=O)NC(C)c1ccc2c(c1)CCCC2. The van der Waals surface area contributed by atoms with Crippen molar-refractivity contribution in [3.63, 3.8) is 0 Å². The lowest BCUT2D eigenvalue weighted by Crippen LogP contribution is -2.49. The summed E-state index contributed by atoms with van der Waals surface area (Å²) in [6, 6.07) is 13.8. The van der Waals surface area contributed by atoms with E-state index in [0.29, 0.717) is 6.42 Å². The number of para-hydroxylation sites is 1. The maximum atomic E-state index is 13.3. The summed E-state index contributed by atoms with van der Waals surface area (Å²) < 4.78 is 0. The number of benzene rings is 2. The number of aromatic amines is 1. The Morgan fingerprint density at radius 2 is 1.69 bits per heavy atom. The fourth-order valence-corrected chi connectivity index (χ4v) is 4.49. The molecule has 1 heterocycles. The molecule has 168 valence electrons. The molecule has 2 atom stereocenters. The summed E-state index contributed by atoms with van der Waals surface area (Å²) >= 11 is 0. The number of aromatic nitrogens is 1. The molecule has 1 aliphatic carbocycles. The van der Waals surface area contributed by atoms with Gasteiger partial charge in [-0.2, -0.15) is 0 Å². The highest BCUT2D eigenvalue weighted by molar-refractivity contribution is 5.90. The third-order valence-corrected chi connectivity index (χ3v) is 6.49. The number of aryl methyl sites for hydroxylation is 2. The summed E-state index contributed by atoms with van der Waals surface area (Å²) in [4.78, 5) is 29.0. The Morgan fingerprint density at radius 1 is 0.938 bits per heavy atom. The molecule has 1 aliphatic rings. The number of rotatable bonds is 7. The molecule has 0 saturated heterocycles. The molecule has 3 aromatic rings. The molecule has 0 saturated carbocycles. The van der Waals surface area contributed by atoms with Gasteiger partial charge in [0.15, 0.2) is 0 Å². The van der Waals surface area contributed by atoms with Gasteiger partial charge in [-0.3, -0.25) is 9.59 Å². The smallest absolute Gasteiger partial charge is 0.243 e. The zero-order chi connectivity index (χ0) is 22.7. The predicted molar refractivity (Wildman–Crippen MR) is 128 cm³/mol. The molecule has 0 aliphatic heterocycles. The first-order valence-electron chi connectivity index (χ1n) is 11.7. The van der Waals surface area contributed by atoms with Gasteiger partial charge in [-0.25, -0.2) is 0 Å². The van der Waals surface area contributed by atoms with Crippen LogP contribution in [0.15, 0.2) is 48.7 Å². The van der Waals surface area contributed by atoms with E-state index in [1.54, 1.807) is 0 Å². The summed E-state index contributed by atoms with van der Waals surface area (Å²) in [6.07, 6.45) is 7.10. The first-order chi connectivity index (χ1) is 15.4. The van der Waals surface area contributed by atoms with E-state index in [9.17, 15) is 9.59 Å². The first-order valence-corrected chi connectivity index (χ1v) is 11.7. The molecule has 5 nitrogen and oxygen atoms in total. The van der Waals surface area contributed by atoms with E-state index in [4.69, 9.17) is 0 Å². The zero-order valence-electron chi connectivity index (χ0n) is 19.2. The largest absolute Gasteiger partial charge is 0.361 e. The van der Waals surface area contributed by atoms with Crippen LogP contribution in [-0.4, -0.2) is 22.8 Å². The fraction of sp³-hybridized carbons (Fsp3) is 0.407. The number of carbonyl (C=O) groups excluding carboxylic acids is 2. The molecule has 32 heavy (non-hydrogen) atoms. The van der Waals surface area contributed by atoms with E-state index in [-0.39, 0.29) is 23.8 Å². The van der Waals surface area contributed by atoms with Crippen LogP contribution >= 0.6 is 0 Å². The van der Waals surface area contributed by atoms with Crippen LogP contribution in [0.3, 0.4) is 0 Å². The van der Waals surface area contributed by atoms with E-state index in [0.717, 1.165) is 34.9 Å². The summed E-state index contributed by atoms with van der Waals surface area (Å²) in [5, 5.41) is 7.18. The molecular weight excluding hydrogens is 398 g/mol. The molecule has 5 heteroatoms. The van der Waals surface area contributed by atoms with Crippen molar-refractivity contribution in [3.8, 4) is 0 Å².